The fraction of sp³-hybridized carbons (Fsp3) is 0.562. The van der Waals surface area contributed by atoms with Crippen LogP contribution in [0.1, 0.15) is 44.8 Å². The number of carbonyl (C=O) groups excluding carboxylic acids is 1. The number of ether oxygens (including phenoxy) is 1. The van der Waals surface area contributed by atoms with Crippen LogP contribution in [0.25, 0.3) is 0 Å². The number of hydrogen-bond acceptors (Lipinski definition) is 3. The Hall–Kier alpha value is -1.55. The van der Waals surface area contributed by atoms with Gasteiger partial charge in [0.1, 0.15) is 5.75 Å². The van der Waals surface area contributed by atoms with Gasteiger partial charge in [0, 0.05) is 13.0 Å². The molecule has 0 saturated carbocycles. The average molecular weight is 279 g/mol. The standard InChI is InChI=1S/C16H25NO3/c1-4-12(5-2)10-16(19)17-11-15(18)13-6-8-14(20-3)9-7-13/h6-9,12,15,18H,4-5,10-11H2,1-3H3,(H,17,19). The normalized spacial score (nSPS) is 12.2. The summed E-state index contributed by atoms with van der Waals surface area (Å²) in [5.74, 6) is 1.18. The minimum absolute atomic E-state index is 0.00580. The van der Waals surface area contributed by atoms with Crippen molar-refractivity contribution >= 4 is 5.91 Å². The van der Waals surface area contributed by atoms with E-state index in [-0.39, 0.29) is 12.5 Å². The Morgan fingerprint density at radius 1 is 1.25 bits per heavy atom. The summed E-state index contributed by atoms with van der Waals surface area (Å²) in [6, 6.07) is 7.20. The molecule has 1 unspecified atom stereocenters. The number of hydrogen-bond donors (Lipinski definition) is 2. The Kier molecular flexibility index (Phi) is 7.09. The lowest BCUT2D eigenvalue weighted by Gasteiger charge is -2.15. The Labute approximate surface area is 121 Å². The molecule has 1 rings (SSSR count). The van der Waals surface area contributed by atoms with Crippen LogP contribution in [0.4, 0.5) is 0 Å². The number of amides is 1. The summed E-state index contributed by atoms with van der Waals surface area (Å²) in [7, 11) is 1.60. The van der Waals surface area contributed by atoms with Crippen LogP contribution in [0, 0.1) is 5.92 Å². The zero-order valence-corrected chi connectivity index (χ0v) is 12.6. The van der Waals surface area contributed by atoms with Crippen molar-refractivity contribution in [3.05, 3.63) is 29.8 Å². The van der Waals surface area contributed by atoms with E-state index in [1.165, 1.54) is 0 Å². The van der Waals surface area contributed by atoms with Crippen LogP contribution < -0.4 is 10.1 Å². The predicted octanol–water partition coefficient (Wildman–Crippen LogP) is 2.67. The van der Waals surface area contributed by atoms with E-state index in [0.717, 1.165) is 24.2 Å². The summed E-state index contributed by atoms with van der Waals surface area (Å²) in [5.41, 5.74) is 0.772. The molecule has 1 aromatic carbocycles. The molecule has 0 spiro atoms. The molecule has 0 saturated heterocycles. The highest BCUT2D eigenvalue weighted by molar-refractivity contribution is 5.76. The van der Waals surface area contributed by atoms with Crippen molar-refractivity contribution in [1.29, 1.82) is 0 Å². The summed E-state index contributed by atoms with van der Waals surface area (Å²) < 4.78 is 5.06. The molecule has 0 heterocycles. The first kappa shape index (κ1) is 16.5. The van der Waals surface area contributed by atoms with Gasteiger partial charge in [-0.15, -0.1) is 0 Å². The summed E-state index contributed by atoms with van der Waals surface area (Å²) in [4.78, 5) is 11.8. The van der Waals surface area contributed by atoms with Crippen LogP contribution in [0.2, 0.25) is 0 Å². The van der Waals surface area contributed by atoms with Gasteiger partial charge < -0.3 is 15.2 Å². The van der Waals surface area contributed by atoms with Crippen LogP contribution >= 0.6 is 0 Å². The van der Waals surface area contributed by atoms with Gasteiger partial charge in [0.15, 0.2) is 0 Å². The maximum atomic E-state index is 11.8. The summed E-state index contributed by atoms with van der Waals surface area (Å²) in [6.45, 7) is 4.42. The van der Waals surface area contributed by atoms with E-state index in [1.807, 2.05) is 0 Å². The van der Waals surface area contributed by atoms with Gasteiger partial charge in [-0.2, -0.15) is 0 Å². The smallest absolute Gasteiger partial charge is 0.220 e. The third-order valence-electron chi connectivity index (χ3n) is 3.62. The predicted molar refractivity (Wildman–Crippen MR) is 79.7 cm³/mol. The number of benzene rings is 1. The molecular formula is C16H25NO3. The molecular weight excluding hydrogens is 254 g/mol. The van der Waals surface area contributed by atoms with Crippen LogP contribution in [-0.4, -0.2) is 24.7 Å². The molecule has 1 amide bonds. The monoisotopic (exact) mass is 279 g/mol. The molecule has 0 radical (unpaired) electrons. The highest BCUT2D eigenvalue weighted by Gasteiger charge is 2.12. The Morgan fingerprint density at radius 2 is 1.85 bits per heavy atom. The molecule has 2 N–H and O–H groups in total. The second-order valence-corrected chi connectivity index (χ2v) is 4.98. The van der Waals surface area contributed by atoms with E-state index >= 15 is 0 Å². The zero-order chi connectivity index (χ0) is 15.0. The van der Waals surface area contributed by atoms with Gasteiger partial charge in [-0.3, -0.25) is 4.79 Å². The van der Waals surface area contributed by atoms with Gasteiger partial charge in [0.25, 0.3) is 0 Å². The topological polar surface area (TPSA) is 58.6 Å². The Morgan fingerprint density at radius 3 is 2.35 bits per heavy atom. The molecule has 1 atom stereocenters. The Bertz CT molecular complexity index is 399. The first-order chi connectivity index (χ1) is 9.60. The van der Waals surface area contributed by atoms with Gasteiger partial charge in [-0.05, 0) is 23.6 Å². The molecule has 0 aliphatic heterocycles. The molecule has 1 aromatic rings. The van der Waals surface area contributed by atoms with E-state index < -0.39 is 6.10 Å². The third kappa shape index (κ3) is 5.21. The largest absolute Gasteiger partial charge is 0.497 e. The Balaban J connectivity index is 2.41. The molecule has 0 bridgehead atoms. The average Bonchev–Trinajstić information content (AvgIpc) is 2.50. The number of nitrogens with one attached hydrogen (secondary N) is 1. The van der Waals surface area contributed by atoms with Crippen molar-refractivity contribution in [2.24, 2.45) is 5.92 Å². The van der Waals surface area contributed by atoms with E-state index in [0.29, 0.717) is 12.3 Å². The van der Waals surface area contributed by atoms with E-state index in [2.05, 4.69) is 19.2 Å². The quantitative estimate of drug-likeness (QED) is 0.769. The lowest BCUT2D eigenvalue weighted by molar-refractivity contribution is -0.122. The lowest BCUT2D eigenvalue weighted by atomic mass is 9.99. The van der Waals surface area contributed by atoms with Gasteiger partial charge in [-0.1, -0.05) is 38.8 Å². The lowest BCUT2D eigenvalue weighted by Crippen LogP contribution is -2.29. The van der Waals surface area contributed by atoms with Crippen molar-refractivity contribution in [2.75, 3.05) is 13.7 Å². The van der Waals surface area contributed by atoms with Gasteiger partial charge in [-0.25, -0.2) is 0 Å². The van der Waals surface area contributed by atoms with Gasteiger partial charge >= 0.3 is 0 Å². The fourth-order valence-electron chi connectivity index (χ4n) is 2.07. The minimum atomic E-state index is -0.688. The minimum Gasteiger partial charge on any atom is -0.497 e. The van der Waals surface area contributed by atoms with Crippen molar-refractivity contribution in [3.8, 4) is 5.75 Å². The molecule has 0 aromatic heterocycles. The number of carbonyl (C=O) groups is 1. The second kappa shape index (κ2) is 8.59. The van der Waals surface area contributed by atoms with Crippen LogP contribution in [0.15, 0.2) is 24.3 Å². The first-order valence-electron chi connectivity index (χ1n) is 7.19. The summed E-state index contributed by atoms with van der Waals surface area (Å²) in [6.07, 6.45) is 1.85. The van der Waals surface area contributed by atoms with E-state index in [4.69, 9.17) is 4.74 Å². The highest BCUT2D eigenvalue weighted by atomic mass is 16.5. The van der Waals surface area contributed by atoms with Gasteiger partial charge in [0.2, 0.25) is 5.91 Å². The van der Waals surface area contributed by atoms with Crippen molar-refractivity contribution < 1.29 is 14.6 Å². The fourth-order valence-corrected chi connectivity index (χ4v) is 2.07. The van der Waals surface area contributed by atoms with Crippen molar-refractivity contribution in [3.63, 3.8) is 0 Å². The number of aliphatic hydroxyl groups excluding tert-OH is 1. The second-order valence-electron chi connectivity index (χ2n) is 4.98. The molecule has 0 aliphatic carbocycles. The maximum absolute atomic E-state index is 11.8. The van der Waals surface area contributed by atoms with Crippen molar-refractivity contribution in [1.82, 2.24) is 5.32 Å². The molecule has 0 fully saturated rings. The molecule has 4 heteroatoms. The summed E-state index contributed by atoms with van der Waals surface area (Å²) in [5, 5.41) is 12.8. The molecule has 112 valence electrons. The van der Waals surface area contributed by atoms with E-state index in [9.17, 15) is 9.90 Å². The van der Waals surface area contributed by atoms with Crippen LogP contribution in [-0.2, 0) is 4.79 Å². The SMILES string of the molecule is CCC(CC)CC(=O)NCC(O)c1ccc(OC)cc1. The number of methoxy groups -OCH3 is 1. The van der Waals surface area contributed by atoms with Crippen molar-refractivity contribution in [2.45, 2.75) is 39.2 Å². The third-order valence-corrected chi connectivity index (χ3v) is 3.62. The summed E-state index contributed by atoms with van der Waals surface area (Å²) >= 11 is 0. The molecule has 4 nitrogen and oxygen atoms in total. The molecule has 20 heavy (non-hydrogen) atoms. The van der Waals surface area contributed by atoms with Gasteiger partial charge in [0.05, 0.1) is 13.2 Å². The van der Waals surface area contributed by atoms with Crippen LogP contribution in [0.3, 0.4) is 0 Å². The number of rotatable bonds is 8. The maximum Gasteiger partial charge on any atom is 0.220 e. The number of aliphatic hydroxyl groups is 1. The first-order valence-corrected chi connectivity index (χ1v) is 7.19. The molecule has 0 aliphatic rings. The zero-order valence-electron chi connectivity index (χ0n) is 12.6. The highest BCUT2D eigenvalue weighted by Crippen LogP contribution is 2.17. The van der Waals surface area contributed by atoms with Crippen LogP contribution in [0.5, 0.6) is 5.75 Å². The van der Waals surface area contributed by atoms with E-state index in [1.54, 1.807) is 31.4 Å².